The summed E-state index contributed by atoms with van der Waals surface area (Å²) in [5.41, 5.74) is 3.30. The predicted octanol–water partition coefficient (Wildman–Crippen LogP) is 3.33. The molecule has 1 aromatic heterocycles. The van der Waals surface area contributed by atoms with E-state index in [-0.39, 0.29) is 5.91 Å². The molecule has 0 spiro atoms. The molecule has 0 unspecified atom stereocenters. The number of benzene rings is 1. The quantitative estimate of drug-likeness (QED) is 0.815. The number of nitrogens with zero attached hydrogens (tertiary/aromatic N) is 1. The van der Waals surface area contributed by atoms with Crippen LogP contribution in [0.15, 0.2) is 61.4 Å². The van der Waals surface area contributed by atoms with Gasteiger partial charge in [-0.15, -0.1) is 6.58 Å². The molecule has 20 heavy (non-hydrogen) atoms. The van der Waals surface area contributed by atoms with Gasteiger partial charge >= 0.3 is 0 Å². The molecule has 0 atom stereocenters. The van der Waals surface area contributed by atoms with Crippen molar-refractivity contribution in [2.45, 2.75) is 19.4 Å². The van der Waals surface area contributed by atoms with Crippen molar-refractivity contribution in [3.05, 3.63) is 67.0 Å². The van der Waals surface area contributed by atoms with Crippen LogP contribution in [0.3, 0.4) is 0 Å². The molecule has 102 valence electrons. The van der Waals surface area contributed by atoms with Crippen molar-refractivity contribution < 1.29 is 4.79 Å². The maximum atomic E-state index is 11.5. The van der Waals surface area contributed by atoms with E-state index in [1.54, 1.807) is 12.3 Å². The molecule has 2 aromatic rings. The summed E-state index contributed by atoms with van der Waals surface area (Å²) in [6.07, 6.45) is 6.56. The average molecular weight is 266 g/mol. The van der Waals surface area contributed by atoms with Crippen molar-refractivity contribution in [2.75, 3.05) is 0 Å². The minimum Gasteiger partial charge on any atom is -0.352 e. The first-order valence-electron chi connectivity index (χ1n) is 6.66. The Bertz CT molecular complexity index is 561. The number of carbonyl (C=O) groups is 1. The fraction of sp³-hybridized carbons (Fsp3) is 0.176. The molecule has 1 aromatic carbocycles. The maximum Gasteiger partial charge on any atom is 0.220 e. The van der Waals surface area contributed by atoms with E-state index in [0.717, 1.165) is 16.7 Å². The van der Waals surface area contributed by atoms with E-state index in [0.29, 0.717) is 19.4 Å². The van der Waals surface area contributed by atoms with Crippen molar-refractivity contribution in [3.63, 3.8) is 0 Å². The van der Waals surface area contributed by atoms with Crippen LogP contribution in [0.25, 0.3) is 11.1 Å². The van der Waals surface area contributed by atoms with Crippen LogP contribution in [0, 0.1) is 0 Å². The molecule has 1 heterocycles. The van der Waals surface area contributed by atoms with E-state index >= 15 is 0 Å². The summed E-state index contributed by atoms with van der Waals surface area (Å²) in [6, 6.07) is 12.1. The number of carbonyl (C=O) groups excluding carboxylic acids is 1. The summed E-state index contributed by atoms with van der Waals surface area (Å²) in [6.45, 7) is 4.16. The lowest BCUT2D eigenvalue weighted by Gasteiger charge is -2.06. The summed E-state index contributed by atoms with van der Waals surface area (Å²) < 4.78 is 0. The van der Waals surface area contributed by atoms with Crippen LogP contribution in [0.1, 0.15) is 18.4 Å². The zero-order valence-corrected chi connectivity index (χ0v) is 11.4. The largest absolute Gasteiger partial charge is 0.352 e. The first-order chi connectivity index (χ1) is 9.79. The molecule has 0 saturated carbocycles. The molecular weight excluding hydrogens is 248 g/mol. The van der Waals surface area contributed by atoms with E-state index in [9.17, 15) is 4.79 Å². The smallest absolute Gasteiger partial charge is 0.220 e. The third kappa shape index (κ3) is 4.05. The van der Waals surface area contributed by atoms with Crippen molar-refractivity contribution in [2.24, 2.45) is 0 Å². The Balaban J connectivity index is 1.92. The lowest BCUT2D eigenvalue weighted by Crippen LogP contribution is -2.22. The molecule has 0 bridgehead atoms. The molecule has 3 nitrogen and oxygen atoms in total. The van der Waals surface area contributed by atoms with E-state index in [4.69, 9.17) is 0 Å². The van der Waals surface area contributed by atoms with Gasteiger partial charge in [-0.05, 0) is 29.2 Å². The highest BCUT2D eigenvalue weighted by molar-refractivity contribution is 5.76. The molecule has 0 fully saturated rings. The van der Waals surface area contributed by atoms with E-state index < -0.39 is 0 Å². The van der Waals surface area contributed by atoms with Gasteiger partial charge in [0.1, 0.15) is 0 Å². The highest BCUT2D eigenvalue weighted by Gasteiger charge is 2.01. The Labute approximate surface area is 119 Å². The van der Waals surface area contributed by atoms with Gasteiger partial charge in [-0.1, -0.05) is 36.4 Å². The highest BCUT2D eigenvalue weighted by atomic mass is 16.1. The maximum absolute atomic E-state index is 11.5. The number of nitrogens with one attached hydrogen (secondary N) is 1. The lowest BCUT2D eigenvalue weighted by molar-refractivity contribution is -0.121. The summed E-state index contributed by atoms with van der Waals surface area (Å²) >= 11 is 0. The van der Waals surface area contributed by atoms with Gasteiger partial charge in [-0.2, -0.15) is 0 Å². The summed E-state index contributed by atoms with van der Waals surface area (Å²) in [4.78, 5) is 15.6. The first-order valence-corrected chi connectivity index (χ1v) is 6.66. The minimum absolute atomic E-state index is 0.0567. The molecule has 2 rings (SSSR count). The SMILES string of the molecule is C=CCCC(=O)NCc1ccc(-c2cccnc2)cc1. The van der Waals surface area contributed by atoms with Gasteiger partial charge in [-0.3, -0.25) is 9.78 Å². The monoisotopic (exact) mass is 266 g/mol. The number of rotatable bonds is 6. The Morgan fingerprint density at radius 3 is 2.65 bits per heavy atom. The van der Waals surface area contributed by atoms with Gasteiger partial charge in [0.15, 0.2) is 0 Å². The number of aromatic nitrogens is 1. The molecule has 0 aliphatic carbocycles. The van der Waals surface area contributed by atoms with Crippen LogP contribution in [-0.2, 0) is 11.3 Å². The van der Waals surface area contributed by atoms with Crippen LogP contribution < -0.4 is 5.32 Å². The normalized spacial score (nSPS) is 10.0. The summed E-state index contributed by atoms with van der Waals surface area (Å²) in [7, 11) is 0. The fourth-order valence-electron chi connectivity index (χ4n) is 1.87. The van der Waals surface area contributed by atoms with Gasteiger partial charge < -0.3 is 5.32 Å². The molecule has 3 heteroatoms. The van der Waals surface area contributed by atoms with Crippen LogP contribution in [0.5, 0.6) is 0 Å². The first kappa shape index (κ1) is 14.0. The second kappa shape index (κ2) is 7.24. The number of hydrogen-bond acceptors (Lipinski definition) is 2. The van der Waals surface area contributed by atoms with Crippen LogP contribution in [0.2, 0.25) is 0 Å². The van der Waals surface area contributed by atoms with Crippen LogP contribution in [-0.4, -0.2) is 10.9 Å². The van der Waals surface area contributed by atoms with Crippen LogP contribution >= 0.6 is 0 Å². The Hall–Kier alpha value is -2.42. The molecular formula is C17H18N2O. The van der Waals surface area contributed by atoms with Crippen molar-refractivity contribution in [1.82, 2.24) is 10.3 Å². The topological polar surface area (TPSA) is 42.0 Å². The van der Waals surface area contributed by atoms with Crippen molar-refractivity contribution in [3.8, 4) is 11.1 Å². The fourth-order valence-corrected chi connectivity index (χ4v) is 1.87. The molecule has 1 amide bonds. The average Bonchev–Trinajstić information content (AvgIpc) is 2.52. The number of allylic oxidation sites excluding steroid dienone is 1. The second-order valence-electron chi connectivity index (χ2n) is 4.54. The van der Waals surface area contributed by atoms with Gasteiger partial charge in [0, 0.05) is 25.4 Å². The standard InChI is InChI=1S/C17H18N2O/c1-2-3-6-17(20)19-12-14-7-9-15(10-8-14)16-5-4-11-18-13-16/h2,4-5,7-11,13H,1,3,6,12H2,(H,19,20). The number of pyridine rings is 1. The lowest BCUT2D eigenvalue weighted by atomic mass is 10.1. The van der Waals surface area contributed by atoms with Gasteiger partial charge in [0.2, 0.25) is 5.91 Å². The molecule has 0 aliphatic heterocycles. The van der Waals surface area contributed by atoms with Gasteiger partial charge in [-0.25, -0.2) is 0 Å². The molecule has 0 radical (unpaired) electrons. The number of amides is 1. The van der Waals surface area contributed by atoms with Crippen molar-refractivity contribution in [1.29, 1.82) is 0 Å². The zero-order valence-electron chi connectivity index (χ0n) is 11.4. The van der Waals surface area contributed by atoms with E-state index in [1.165, 1.54) is 0 Å². The Morgan fingerprint density at radius 1 is 1.20 bits per heavy atom. The zero-order chi connectivity index (χ0) is 14.2. The predicted molar refractivity (Wildman–Crippen MR) is 81.0 cm³/mol. The van der Waals surface area contributed by atoms with Gasteiger partial charge in [0.25, 0.3) is 0 Å². The summed E-state index contributed by atoms with van der Waals surface area (Å²) in [5.74, 6) is 0.0567. The van der Waals surface area contributed by atoms with Crippen LogP contribution in [0.4, 0.5) is 0 Å². The van der Waals surface area contributed by atoms with E-state index in [2.05, 4.69) is 16.9 Å². The molecule has 0 saturated heterocycles. The second-order valence-corrected chi connectivity index (χ2v) is 4.54. The van der Waals surface area contributed by atoms with E-state index in [1.807, 2.05) is 42.6 Å². The molecule has 1 N–H and O–H groups in total. The third-order valence-electron chi connectivity index (χ3n) is 3.01. The summed E-state index contributed by atoms with van der Waals surface area (Å²) in [5, 5.41) is 2.89. The minimum atomic E-state index is 0.0567. The third-order valence-corrected chi connectivity index (χ3v) is 3.01. The highest BCUT2D eigenvalue weighted by Crippen LogP contribution is 2.18. The van der Waals surface area contributed by atoms with Crippen molar-refractivity contribution >= 4 is 5.91 Å². The van der Waals surface area contributed by atoms with Gasteiger partial charge in [0.05, 0.1) is 0 Å². The number of hydrogen-bond donors (Lipinski definition) is 1. The Kier molecular flexibility index (Phi) is 5.07. The Morgan fingerprint density at radius 2 is 2.00 bits per heavy atom. The molecule has 0 aliphatic rings.